The minimum Gasteiger partial charge on any atom is -0.435 e. The van der Waals surface area contributed by atoms with Gasteiger partial charge in [-0.2, -0.15) is 8.78 Å². The molecule has 132 valence electrons. The van der Waals surface area contributed by atoms with Crippen molar-refractivity contribution in [3.05, 3.63) is 58.6 Å². The summed E-state index contributed by atoms with van der Waals surface area (Å²) in [4.78, 5) is 25.6. The minimum absolute atomic E-state index is 0.119. The van der Waals surface area contributed by atoms with E-state index >= 15 is 0 Å². The second-order valence-electron chi connectivity index (χ2n) is 5.10. The van der Waals surface area contributed by atoms with Crippen molar-refractivity contribution in [3.63, 3.8) is 0 Å². The smallest absolute Gasteiger partial charge is 0.387 e. The number of para-hydroxylation sites is 1. The van der Waals surface area contributed by atoms with E-state index in [1.165, 1.54) is 36.2 Å². The highest BCUT2D eigenvalue weighted by Gasteiger charge is 2.17. The van der Waals surface area contributed by atoms with E-state index in [1.54, 1.807) is 18.2 Å². The molecule has 8 heteroatoms. The van der Waals surface area contributed by atoms with Crippen LogP contribution in [0.1, 0.15) is 10.4 Å². The number of carbonyl (C=O) groups excluding carboxylic acids is 2. The Morgan fingerprint density at radius 2 is 1.92 bits per heavy atom. The molecule has 0 aliphatic carbocycles. The maximum absolute atomic E-state index is 12.3. The fraction of sp³-hybridized carbons (Fsp3) is 0.176. The van der Waals surface area contributed by atoms with E-state index in [2.05, 4.69) is 26.0 Å². The molecule has 0 saturated heterocycles. The molecule has 25 heavy (non-hydrogen) atoms. The summed E-state index contributed by atoms with van der Waals surface area (Å²) < 4.78 is 29.5. The van der Waals surface area contributed by atoms with Crippen molar-refractivity contribution in [2.45, 2.75) is 6.61 Å². The Labute approximate surface area is 151 Å². The first-order chi connectivity index (χ1) is 11.9. The number of alkyl halides is 2. The molecule has 0 heterocycles. The van der Waals surface area contributed by atoms with Gasteiger partial charge in [-0.1, -0.05) is 18.2 Å². The molecule has 0 aromatic heterocycles. The van der Waals surface area contributed by atoms with Crippen LogP contribution in [0.3, 0.4) is 0 Å². The molecular formula is C17H15BrF2N2O3. The van der Waals surface area contributed by atoms with Crippen LogP contribution in [0.15, 0.2) is 53.0 Å². The molecule has 2 rings (SSSR count). The molecule has 0 saturated carbocycles. The first-order valence-electron chi connectivity index (χ1n) is 7.21. The number of carbonyl (C=O) groups is 2. The van der Waals surface area contributed by atoms with E-state index in [9.17, 15) is 18.4 Å². The number of likely N-dealkylation sites (N-methyl/N-ethyl adjacent to an activating group) is 1. The molecular weight excluding hydrogens is 398 g/mol. The number of hydrogen-bond donors (Lipinski definition) is 1. The first kappa shape index (κ1) is 18.9. The number of ether oxygens (including phenoxy) is 1. The van der Waals surface area contributed by atoms with Crippen LogP contribution in [0.4, 0.5) is 14.5 Å². The summed E-state index contributed by atoms with van der Waals surface area (Å²) in [7, 11) is 1.45. The third kappa shape index (κ3) is 5.53. The summed E-state index contributed by atoms with van der Waals surface area (Å²) >= 11 is 3.31. The zero-order valence-corrected chi connectivity index (χ0v) is 14.8. The monoisotopic (exact) mass is 412 g/mol. The Morgan fingerprint density at radius 1 is 1.20 bits per heavy atom. The van der Waals surface area contributed by atoms with Gasteiger partial charge in [0, 0.05) is 17.1 Å². The highest BCUT2D eigenvalue weighted by molar-refractivity contribution is 9.10. The minimum atomic E-state index is -2.97. The Hall–Kier alpha value is -2.48. The van der Waals surface area contributed by atoms with E-state index in [4.69, 9.17) is 0 Å². The second-order valence-corrected chi connectivity index (χ2v) is 5.95. The van der Waals surface area contributed by atoms with Crippen LogP contribution in [0.25, 0.3) is 0 Å². The van der Waals surface area contributed by atoms with Gasteiger partial charge in [-0.15, -0.1) is 0 Å². The van der Waals surface area contributed by atoms with Crippen molar-refractivity contribution >= 4 is 33.4 Å². The lowest BCUT2D eigenvalue weighted by Crippen LogP contribution is -2.35. The van der Waals surface area contributed by atoms with Gasteiger partial charge in [-0.3, -0.25) is 9.59 Å². The van der Waals surface area contributed by atoms with Crippen LogP contribution in [-0.4, -0.2) is 36.9 Å². The summed E-state index contributed by atoms with van der Waals surface area (Å²) in [5.74, 6) is -0.989. The molecule has 0 bridgehead atoms. The van der Waals surface area contributed by atoms with Gasteiger partial charge in [-0.25, -0.2) is 0 Å². The Morgan fingerprint density at radius 3 is 2.60 bits per heavy atom. The van der Waals surface area contributed by atoms with Gasteiger partial charge in [0.15, 0.2) is 0 Å². The Balaban J connectivity index is 2.00. The number of halogens is 3. The maximum atomic E-state index is 12.3. The van der Waals surface area contributed by atoms with Crippen molar-refractivity contribution in [3.8, 4) is 5.75 Å². The Bertz CT molecular complexity index is 771. The molecule has 0 fully saturated rings. The van der Waals surface area contributed by atoms with Crippen molar-refractivity contribution in [1.82, 2.24) is 4.90 Å². The largest absolute Gasteiger partial charge is 0.435 e. The molecule has 0 aliphatic heterocycles. The van der Waals surface area contributed by atoms with Crippen molar-refractivity contribution in [2.75, 3.05) is 18.9 Å². The quantitative estimate of drug-likeness (QED) is 0.785. The average molecular weight is 413 g/mol. The van der Waals surface area contributed by atoms with E-state index in [0.717, 1.165) is 0 Å². The van der Waals surface area contributed by atoms with Gasteiger partial charge in [0.05, 0.1) is 12.2 Å². The zero-order chi connectivity index (χ0) is 18.4. The second kappa shape index (κ2) is 8.57. The summed E-state index contributed by atoms with van der Waals surface area (Å²) in [6, 6.07) is 12.5. The van der Waals surface area contributed by atoms with E-state index in [0.29, 0.717) is 10.2 Å². The van der Waals surface area contributed by atoms with Gasteiger partial charge in [-0.05, 0) is 46.3 Å². The van der Waals surface area contributed by atoms with Crippen molar-refractivity contribution < 1.29 is 23.1 Å². The molecule has 2 amide bonds. The summed E-state index contributed by atoms with van der Waals surface area (Å²) in [5.41, 5.74) is 0.732. The average Bonchev–Trinajstić information content (AvgIpc) is 2.55. The van der Waals surface area contributed by atoms with Gasteiger partial charge in [0.1, 0.15) is 5.75 Å². The highest BCUT2D eigenvalue weighted by Crippen LogP contribution is 2.21. The highest BCUT2D eigenvalue weighted by atomic mass is 79.9. The molecule has 0 aliphatic rings. The van der Waals surface area contributed by atoms with Crippen molar-refractivity contribution in [2.24, 2.45) is 0 Å². The fourth-order valence-electron chi connectivity index (χ4n) is 2.07. The molecule has 0 unspecified atom stereocenters. The predicted molar refractivity (Wildman–Crippen MR) is 92.8 cm³/mol. The number of anilines is 1. The summed E-state index contributed by atoms with van der Waals surface area (Å²) in [6.45, 7) is -3.17. The third-order valence-corrected chi connectivity index (χ3v) is 3.87. The van der Waals surface area contributed by atoms with Crippen LogP contribution < -0.4 is 10.1 Å². The van der Waals surface area contributed by atoms with Crippen LogP contribution >= 0.6 is 15.9 Å². The third-order valence-electron chi connectivity index (χ3n) is 3.18. The van der Waals surface area contributed by atoms with Gasteiger partial charge in [0.25, 0.3) is 5.91 Å². The van der Waals surface area contributed by atoms with Gasteiger partial charge < -0.3 is 15.0 Å². The number of rotatable bonds is 6. The topological polar surface area (TPSA) is 58.6 Å². The summed E-state index contributed by atoms with van der Waals surface area (Å²) in [5, 5.41) is 2.68. The predicted octanol–water partition coefficient (Wildman–Crippen LogP) is 3.76. The molecule has 1 N–H and O–H groups in total. The van der Waals surface area contributed by atoms with E-state index < -0.39 is 12.5 Å². The van der Waals surface area contributed by atoms with Gasteiger partial charge in [0.2, 0.25) is 5.91 Å². The molecule has 5 nitrogen and oxygen atoms in total. The molecule has 0 spiro atoms. The van der Waals surface area contributed by atoms with Gasteiger partial charge >= 0.3 is 6.61 Å². The molecule has 2 aromatic carbocycles. The number of amides is 2. The van der Waals surface area contributed by atoms with Crippen LogP contribution in [0.5, 0.6) is 5.75 Å². The standard InChI is InChI=1S/C17H15BrF2N2O3/c1-22(10-15(23)21-14-8-3-2-7-13(14)18)16(24)11-5-4-6-12(9-11)25-17(19)20/h2-9,17H,10H2,1H3,(H,21,23). The SMILES string of the molecule is CN(CC(=O)Nc1ccccc1Br)C(=O)c1cccc(OC(F)F)c1. The molecule has 0 radical (unpaired) electrons. The Kier molecular flexibility index (Phi) is 6.46. The fourth-order valence-corrected chi connectivity index (χ4v) is 2.45. The number of nitrogens with one attached hydrogen (secondary N) is 1. The number of nitrogens with zero attached hydrogens (tertiary/aromatic N) is 1. The maximum Gasteiger partial charge on any atom is 0.387 e. The van der Waals surface area contributed by atoms with Crippen LogP contribution in [0, 0.1) is 0 Å². The zero-order valence-electron chi connectivity index (χ0n) is 13.2. The number of hydrogen-bond acceptors (Lipinski definition) is 3. The first-order valence-corrected chi connectivity index (χ1v) is 8.01. The summed E-state index contributed by atoms with van der Waals surface area (Å²) in [6.07, 6.45) is 0. The van der Waals surface area contributed by atoms with E-state index in [-0.39, 0.29) is 23.8 Å². The lowest BCUT2D eigenvalue weighted by Gasteiger charge is -2.17. The van der Waals surface area contributed by atoms with Crippen LogP contribution in [0.2, 0.25) is 0 Å². The van der Waals surface area contributed by atoms with Crippen molar-refractivity contribution in [1.29, 1.82) is 0 Å². The lowest BCUT2D eigenvalue weighted by atomic mass is 10.2. The number of benzene rings is 2. The van der Waals surface area contributed by atoms with Crippen LogP contribution in [-0.2, 0) is 4.79 Å². The molecule has 0 atom stereocenters. The van der Waals surface area contributed by atoms with E-state index in [1.807, 2.05) is 6.07 Å². The molecule has 2 aromatic rings. The lowest BCUT2D eigenvalue weighted by molar-refractivity contribution is -0.116. The normalized spacial score (nSPS) is 10.4.